The average Bonchev–Trinajstić information content (AvgIpc) is 2.16. The molecule has 0 aliphatic rings. The van der Waals surface area contributed by atoms with Crippen molar-refractivity contribution in [2.24, 2.45) is 0 Å². The van der Waals surface area contributed by atoms with Crippen LogP contribution in [0.3, 0.4) is 0 Å². The van der Waals surface area contributed by atoms with Crippen LogP contribution < -0.4 is 0 Å². The van der Waals surface area contributed by atoms with Crippen molar-refractivity contribution < 1.29 is 4.92 Å². The maximum absolute atomic E-state index is 10.7. The summed E-state index contributed by atoms with van der Waals surface area (Å²) >= 11 is 11.1. The van der Waals surface area contributed by atoms with Crippen LogP contribution in [0.5, 0.6) is 0 Å². The van der Waals surface area contributed by atoms with Crippen molar-refractivity contribution in [3.63, 3.8) is 0 Å². The number of alkyl halides is 1. The first-order valence-corrected chi connectivity index (χ1v) is 5.01. The number of rotatable bonds is 3. The van der Waals surface area contributed by atoms with Crippen LogP contribution in [-0.2, 0) is 0 Å². The van der Waals surface area contributed by atoms with E-state index in [-0.39, 0.29) is 10.8 Å². The Morgan fingerprint density at radius 2 is 2.33 bits per heavy atom. The molecule has 1 heterocycles. The Balaban J connectivity index is 3.28. The minimum atomic E-state index is -0.539. The van der Waals surface area contributed by atoms with E-state index < -0.39 is 4.92 Å². The van der Waals surface area contributed by atoms with Crippen molar-refractivity contribution in [1.82, 2.24) is 4.98 Å². The zero-order valence-electron chi connectivity index (χ0n) is 7.91. The summed E-state index contributed by atoms with van der Waals surface area (Å²) in [4.78, 5) is 13.9. The maximum atomic E-state index is 10.7. The Kier molecular flexibility index (Phi) is 4.05. The summed E-state index contributed by atoms with van der Waals surface area (Å²) in [6.07, 6.45) is 4.84. The molecule has 0 aromatic carbocycles. The van der Waals surface area contributed by atoms with Crippen molar-refractivity contribution in [3.05, 3.63) is 38.7 Å². The monoisotopic (exact) mass is 246 g/mol. The molecule has 0 saturated carbocycles. The zero-order chi connectivity index (χ0) is 11.4. The number of hydrogen-bond donors (Lipinski definition) is 0. The van der Waals surface area contributed by atoms with Crippen LogP contribution in [0.1, 0.15) is 11.1 Å². The number of nitrogens with zero attached hydrogens (tertiary/aromatic N) is 2. The molecule has 0 radical (unpaired) electrons. The summed E-state index contributed by atoms with van der Waals surface area (Å²) < 4.78 is 0. The molecular weight excluding hydrogens is 239 g/mol. The lowest BCUT2D eigenvalue weighted by molar-refractivity contribution is -0.385. The summed E-state index contributed by atoms with van der Waals surface area (Å²) in [6.45, 7) is 1.62. The normalized spacial score (nSPS) is 10.9. The van der Waals surface area contributed by atoms with Gasteiger partial charge >= 0.3 is 5.69 Å². The minimum absolute atomic E-state index is 0.0967. The van der Waals surface area contributed by atoms with Crippen molar-refractivity contribution >= 4 is 35.0 Å². The van der Waals surface area contributed by atoms with Crippen LogP contribution in [0.4, 0.5) is 5.69 Å². The Morgan fingerprint density at radius 1 is 1.67 bits per heavy atom. The van der Waals surface area contributed by atoms with Crippen LogP contribution in [0.2, 0.25) is 5.15 Å². The molecule has 0 atom stereocenters. The first-order valence-electron chi connectivity index (χ1n) is 4.10. The quantitative estimate of drug-likeness (QED) is 0.356. The lowest BCUT2D eigenvalue weighted by Crippen LogP contribution is -1.97. The first kappa shape index (κ1) is 11.9. The van der Waals surface area contributed by atoms with Gasteiger partial charge in [0.05, 0.1) is 4.92 Å². The molecular formula is C9H8Cl2N2O2. The fourth-order valence-electron chi connectivity index (χ4n) is 1.13. The average molecular weight is 247 g/mol. The number of allylic oxidation sites excluding steroid dienone is 1. The van der Waals surface area contributed by atoms with Crippen molar-refractivity contribution in [3.8, 4) is 0 Å². The molecule has 1 rings (SSSR count). The molecule has 0 N–H and O–H groups in total. The van der Waals surface area contributed by atoms with Gasteiger partial charge in [-0.15, -0.1) is 11.6 Å². The lowest BCUT2D eigenvalue weighted by atomic mass is 10.1. The van der Waals surface area contributed by atoms with Gasteiger partial charge in [0, 0.05) is 23.2 Å². The van der Waals surface area contributed by atoms with Crippen LogP contribution in [0, 0.1) is 17.0 Å². The molecule has 15 heavy (non-hydrogen) atoms. The molecule has 6 heteroatoms. The van der Waals surface area contributed by atoms with Gasteiger partial charge in [-0.3, -0.25) is 10.1 Å². The van der Waals surface area contributed by atoms with Crippen LogP contribution >= 0.6 is 23.2 Å². The van der Waals surface area contributed by atoms with E-state index in [1.54, 1.807) is 19.1 Å². The molecule has 80 valence electrons. The third kappa shape index (κ3) is 2.67. The first-order chi connectivity index (χ1) is 7.07. The molecule has 0 fully saturated rings. The van der Waals surface area contributed by atoms with E-state index in [9.17, 15) is 10.1 Å². The Labute approximate surface area is 96.7 Å². The Morgan fingerprint density at radius 3 is 2.87 bits per heavy atom. The number of halogens is 2. The molecule has 0 aliphatic heterocycles. The van der Waals surface area contributed by atoms with Crippen LogP contribution in [0.15, 0.2) is 12.3 Å². The van der Waals surface area contributed by atoms with Crippen molar-refractivity contribution in [2.75, 3.05) is 5.88 Å². The number of pyridine rings is 1. The van der Waals surface area contributed by atoms with Gasteiger partial charge in [0.25, 0.3) is 0 Å². The molecule has 0 aliphatic carbocycles. The van der Waals surface area contributed by atoms with E-state index in [4.69, 9.17) is 23.2 Å². The summed E-state index contributed by atoms with van der Waals surface area (Å²) in [5.74, 6) is 0.343. The van der Waals surface area contributed by atoms with Gasteiger partial charge in [0.2, 0.25) is 5.15 Å². The highest BCUT2D eigenvalue weighted by molar-refractivity contribution is 6.31. The van der Waals surface area contributed by atoms with E-state index in [1.807, 2.05) is 0 Å². The predicted molar refractivity (Wildman–Crippen MR) is 60.4 cm³/mol. The van der Waals surface area contributed by atoms with E-state index in [2.05, 4.69) is 4.98 Å². The molecule has 0 saturated heterocycles. The molecule has 0 amide bonds. The topological polar surface area (TPSA) is 56.0 Å². The van der Waals surface area contributed by atoms with E-state index in [0.717, 1.165) is 0 Å². The highest BCUT2D eigenvalue weighted by Crippen LogP contribution is 2.28. The van der Waals surface area contributed by atoms with Gasteiger partial charge < -0.3 is 0 Å². The van der Waals surface area contributed by atoms with Gasteiger partial charge in [0.15, 0.2) is 0 Å². The Bertz CT molecular complexity index is 419. The second-order valence-electron chi connectivity index (χ2n) is 2.79. The summed E-state index contributed by atoms with van der Waals surface area (Å²) in [5.41, 5.74) is 0.974. The van der Waals surface area contributed by atoms with Crippen LogP contribution in [-0.4, -0.2) is 15.8 Å². The summed E-state index contributed by atoms with van der Waals surface area (Å²) in [7, 11) is 0. The van der Waals surface area contributed by atoms with Crippen molar-refractivity contribution in [1.29, 1.82) is 0 Å². The van der Waals surface area contributed by atoms with Gasteiger partial charge in [-0.05, 0) is 6.92 Å². The Hall–Kier alpha value is -1.13. The highest BCUT2D eigenvalue weighted by atomic mass is 35.5. The lowest BCUT2D eigenvalue weighted by Gasteiger charge is -2.02. The molecule has 4 nitrogen and oxygen atoms in total. The van der Waals surface area contributed by atoms with Gasteiger partial charge in [0.1, 0.15) is 0 Å². The largest absolute Gasteiger partial charge is 0.309 e. The smallest absolute Gasteiger partial charge is 0.258 e. The molecule has 0 unspecified atom stereocenters. The van der Waals surface area contributed by atoms with E-state index in [0.29, 0.717) is 17.0 Å². The predicted octanol–water partition coefficient (Wildman–Crippen LogP) is 3.20. The minimum Gasteiger partial charge on any atom is -0.258 e. The van der Waals surface area contributed by atoms with Gasteiger partial charge in [-0.2, -0.15) is 0 Å². The van der Waals surface area contributed by atoms with Crippen molar-refractivity contribution in [2.45, 2.75) is 6.92 Å². The third-order valence-electron chi connectivity index (χ3n) is 1.87. The van der Waals surface area contributed by atoms with Gasteiger partial charge in [-0.1, -0.05) is 23.8 Å². The highest BCUT2D eigenvalue weighted by Gasteiger charge is 2.19. The zero-order valence-corrected chi connectivity index (χ0v) is 9.42. The second kappa shape index (κ2) is 5.09. The second-order valence-corrected chi connectivity index (χ2v) is 3.46. The molecule has 0 bridgehead atoms. The summed E-state index contributed by atoms with van der Waals surface area (Å²) in [5, 5.41) is 10.6. The van der Waals surface area contributed by atoms with E-state index >= 15 is 0 Å². The SMILES string of the molecule is Cc1c(C=CCCl)cnc(Cl)c1[N+](=O)[O-]. The number of aromatic nitrogens is 1. The third-order valence-corrected chi connectivity index (χ3v) is 2.32. The molecule has 1 aromatic heterocycles. The van der Waals surface area contributed by atoms with Gasteiger partial charge in [-0.25, -0.2) is 4.98 Å². The molecule has 1 aromatic rings. The van der Waals surface area contributed by atoms with Crippen LogP contribution in [0.25, 0.3) is 6.08 Å². The maximum Gasteiger partial charge on any atom is 0.309 e. The summed E-state index contributed by atoms with van der Waals surface area (Å²) in [6, 6.07) is 0. The molecule has 0 spiro atoms. The fourth-order valence-corrected chi connectivity index (χ4v) is 1.48. The van der Waals surface area contributed by atoms with E-state index in [1.165, 1.54) is 6.20 Å². The standard InChI is InChI=1S/C9H8Cl2N2O2/c1-6-7(3-2-4-10)5-12-9(11)8(6)13(14)15/h2-3,5H,4H2,1H3. The number of nitro groups is 1. The number of hydrogen-bond acceptors (Lipinski definition) is 3. The fraction of sp³-hybridized carbons (Fsp3) is 0.222.